The van der Waals surface area contributed by atoms with Crippen LogP contribution in [0.15, 0.2) is 30.3 Å². The molecule has 54 heavy (non-hydrogen) atoms. The van der Waals surface area contributed by atoms with Gasteiger partial charge in [-0.05, 0) is 59.9 Å². The Hall–Kier alpha value is -4.01. The SMILES string of the molecule is CC(C)OC(=O)N1CCC(F)(C#N)CC1.CC(C)OC(=O)N1CCC(c2ccccc2)(C(F)(F)F)CC1.COCCN(CCC(F)(F)F)C(=O)OC(C)C. The molecular weight excluding hydrogens is 733 g/mol. The molecule has 11 nitrogen and oxygen atoms in total. The van der Waals surface area contributed by atoms with E-state index in [-0.39, 0.29) is 88.9 Å². The Bertz CT molecular complexity index is 1320. The summed E-state index contributed by atoms with van der Waals surface area (Å²) in [5.41, 5.74) is -3.39. The molecule has 0 atom stereocenters. The van der Waals surface area contributed by atoms with Gasteiger partial charge in [0.25, 0.3) is 0 Å². The molecule has 0 saturated carbocycles. The molecule has 3 amide bonds. The average Bonchev–Trinajstić information content (AvgIpc) is 3.07. The first-order valence-corrected chi connectivity index (χ1v) is 17.6. The van der Waals surface area contributed by atoms with Gasteiger partial charge in [0, 0.05) is 59.2 Å². The number of likely N-dealkylation sites (tertiary alicyclic amines) is 2. The highest BCUT2D eigenvalue weighted by Crippen LogP contribution is 2.48. The molecule has 2 aliphatic rings. The van der Waals surface area contributed by atoms with E-state index >= 15 is 0 Å². The molecule has 2 heterocycles. The van der Waals surface area contributed by atoms with E-state index in [1.807, 2.05) is 0 Å². The topological polar surface area (TPSA) is 122 Å². The van der Waals surface area contributed by atoms with Crippen LogP contribution in [0.3, 0.4) is 0 Å². The van der Waals surface area contributed by atoms with Crippen molar-refractivity contribution in [2.24, 2.45) is 0 Å². The molecule has 1 aromatic carbocycles. The van der Waals surface area contributed by atoms with Crippen molar-refractivity contribution in [2.75, 3.05) is 53.0 Å². The van der Waals surface area contributed by atoms with Crippen LogP contribution in [0.4, 0.5) is 45.1 Å². The largest absolute Gasteiger partial charge is 0.447 e. The smallest absolute Gasteiger partial charge is 0.410 e. The van der Waals surface area contributed by atoms with Gasteiger partial charge in [-0.25, -0.2) is 18.8 Å². The van der Waals surface area contributed by atoms with E-state index in [4.69, 9.17) is 24.2 Å². The maximum Gasteiger partial charge on any atom is 0.410 e. The zero-order valence-electron chi connectivity index (χ0n) is 31.9. The summed E-state index contributed by atoms with van der Waals surface area (Å²) in [4.78, 5) is 38.5. The molecular formula is C36H53F7N4O7. The Morgan fingerprint density at radius 1 is 0.778 bits per heavy atom. The predicted molar refractivity (Wildman–Crippen MR) is 184 cm³/mol. The quantitative estimate of drug-likeness (QED) is 0.181. The van der Waals surface area contributed by atoms with Gasteiger partial charge in [-0.15, -0.1) is 0 Å². The zero-order valence-corrected chi connectivity index (χ0v) is 31.9. The number of rotatable bonds is 9. The summed E-state index contributed by atoms with van der Waals surface area (Å²) in [5, 5.41) is 8.56. The number of carbonyl (C=O) groups excluding carboxylic acids is 3. The fourth-order valence-corrected chi connectivity index (χ4v) is 5.31. The molecule has 0 spiro atoms. The van der Waals surface area contributed by atoms with Crippen LogP contribution in [0.2, 0.25) is 0 Å². The molecule has 308 valence electrons. The second kappa shape index (κ2) is 21.8. The molecule has 0 N–H and O–H groups in total. The van der Waals surface area contributed by atoms with Crippen LogP contribution >= 0.6 is 0 Å². The molecule has 18 heteroatoms. The van der Waals surface area contributed by atoms with E-state index in [0.29, 0.717) is 0 Å². The number of halogens is 7. The molecule has 0 aliphatic carbocycles. The van der Waals surface area contributed by atoms with Gasteiger partial charge < -0.3 is 33.6 Å². The maximum absolute atomic E-state index is 13.7. The van der Waals surface area contributed by atoms with Crippen LogP contribution in [-0.2, 0) is 24.4 Å². The third-order valence-corrected chi connectivity index (χ3v) is 8.26. The van der Waals surface area contributed by atoms with Crippen molar-refractivity contribution < 1.29 is 64.1 Å². The summed E-state index contributed by atoms with van der Waals surface area (Å²) >= 11 is 0. The number of carbonyl (C=O) groups is 3. The molecule has 2 aliphatic heterocycles. The minimum absolute atomic E-state index is 0.0416. The molecule has 2 saturated heterocycles. The van der Waals surface area contributed by atoms with E-state index in [9.17, 15) is 45.1 Å². The van der Waals surface area contributed by atoms with Crippen LogP contribution in [0, 0.1) is 11.3 Å². The second-order valence-corrected chi connectivity index (χ2v) is 13.6. The highest BCUT2D eigenvalue weighted by molar-refractivity contribution is 5.68. The Labute approximate surface area is 312 Å². The van der Waals surface area contributed by atoms with E-state index in [2.05, 4.69) is 0 Å². The van der Waals surface area contributed by atoms with Crippen molar-refractivity contribution in [3.8, 4) is 6.07 Å². The van der Waals surface area contributed by atoms with Crippen LogP contribution < -0.4 is 0 Å². The first-order chi connectivity index (χ1) is 25.0. The molecule has 0 bridgehead atoms. The summed E-state index contributed by atoms with van der Waals surface area (Å²) in [7, 11) is 1.41. The number of hydrogen-bond acceptors (Lipinski definition) is 8. The van der Waals surface area contributed by atoms with Gasteiger partial charge in [0.05, 0.1) is 36.8 Å². The zero-order chi connectivity index (χ0) is 41.3. The highest BCUT2D eigenvalue weighted by atomic mass is 19.4. The number of benzene rings is 1. The monoisotopic (exact) mass is 786 g/mol. The first kappa shape index (κ1) is 48.0. The number of hydrogen-bond donors (Lipinski definition) is 0. The summed E-state index contributed by atoms with van der Waals surface area (Å²) in [6, 6.07) is 9.58. The van der Waals surface area contributed by atoms with Crippen LogP contribution in [-0.4, -0.2) is 122 Å². The van der Waals surface area contributed by atoms with Crippen LogP contribution in [0.1, 0.15) is 79.2 Å². The van der Waals surface area contributed by atoms with Gasteiger partial charge in [0.2, 0.25) is 0 Å². The van der Waals surface area contributed by atoms with Gasteiger partial charge in [-0.3, -0.25) is 0 Å². The third-order valence-electron chi connectivity index (χ3n) is 8.26. The molecule has 0 radical (unpaired) electrons. The number of ether oxygens (including phenoxy) is 4. The Kier molecular flexibility index (Phi) is 19.4. The lowest BCUT2D eigenvalue weighted by molar-refractivity contribution is -0.202. The standard InChI is InChI=1S/C16H20F3NO2.C10H18F3NO3.C10H15FN2O2/c1-12(2)22-14(21)20-10-8-15(9-11-20,16(17,18)19)13-6-4-3-5-7-13;1-8(2)17-9(15)14(6-7-16-3)5-4-10(11,12)13;1-8(2)15-9(14)13-5-3-10(11,7-12)4-6-13/h3-7,12H,8-11H2,1-2H3;8H,4-7H2,1-3H3;8H,3-6H2,1-2H3. The van der Waals surface area contributed by atoms with Gasteiger partial charge in [0.1, 0.15) is 6.07 Å². The van der Waals surface area contributed by atoms with Gasteiger partial charge in [-0.2, -0.15) is 31.6 Å². The van der Waals surface area contributed by atoms with Crippen molar-refractivity contribution in [1.82, 2.24) is 14.7 Å². The number of piperidine rings is 2. The lowest BCUT2D eigenvalue weighted by Crippen LogP contribution is -2.52. The van der Waals surface area contributed by atoms with Crippen molar-refractivity contribution in [3.63, 3.8) is 0 Å². The summed E-state index contributed by atoms with van der Waals surface area (Å²) < 4.78 is 110. The van der Waals surface area contributed by atoms with Gasteiger partial charge in [-0.1, -0.05) is 30.3 Å². The Morgan fingerprint density at radius 2 is 1.22 bits per heavy atom. The summed E-state index contributed by atoms with van der Waals surface area (Å²) in [6.45, 7) is 10.6. The summed E-state index contributed by atoms with van der Waals surface area (Å²) in [5.74, 6) is 0. The number of methoxy groups -OCH3 is 1. The van der Waals surface area contributed by atoms with Crippen molar-refractivity contribution in [3.05, 3.63) is 35.9 Å². The molecule has 2 fully saturated rings. The van der Waals surface area contributed by atoms with Crippen molar-refractivity contribution >= 4 is 18.3 Å². The third kappa shape index (κ3) is 16.6. The lowest BCUT2D eigenvalue weighted by Gasteiger charge is -2.43. The Balaban J connectivity index is 0.000000415. The first-order valence-electron chi connectivity index (χ1n) is 17.6. The predicted octanol–water partition coefficient (Wildman–Crippen LogP) is 8.42. The minimum atomic E-state index is -4.34. The van der Waals surface area contributed by atoms with E-state index in [1.54, 1.807) is 65.8 Å². The number of nitrogens with zero attached hydrogens (tertiary/aromatic N) is 4. The fourth-order valence-electron chi connectivity index (χ4n) is 5.31. The van der Waals surface area contributed by atoms with E-state index in [1.165, 1.54) is 29.0 Å². The fraction of sp³-hybridized carbons (Fsp3) is 0.722. The Morgan fingerprint density at radius 3 is 1.59 bits per heavy atom. The minimum Gasteiger partial charge on any atom is -0.447 e. The second-order valence-electron chi connectivity index (χ2n) is 13.6. The molecule has 1 aromatic rings. The number of alkyl halides is 7. The number of nitriles is 1. The van der Waals surface area contributed by atoms with Crippen molar-refractivity contribution in [1.29, 1.82) is 5.26 Å². The molecule has 0 aromatic heterocycles. The average molecular weight is 787 g/mol. The molecule has 0 unspecified atom stereocenters. The normalized spacial score (nSPS) is 16.7. The van der Waals surface area contributed by atoms with Gasteiger partial charge >= 0.3 is 30.6 Å². The van der Waals surface area contributed by atoms with Crippen LogP contribution in [0.25, 0.3) is 0 Å². The van der Waals surface area contributed by atoms with Gasteiger partial charge in [0.15, 0.2) is 5.67 Å². The maximum atomic E-state index is 13.7. The van der Waals surface area contributed by atoms with E-state index in [0.717, 1.165) is 4.90 Å². The lowest BCUT2D eigenvalue weighted by atomic mass is 9.72. The highest BCUT2D eigenvalue weighted by Gasteiger charge is 2.57. The molecule has 3 rings (SSSR count). The van der Waals surface area contributed by atoms with Crippen LogP contribution in [0.5, 0.6) is 0 Å². The number of amides is 3. The van der Waals surface area contributed by atoms with Crippen molar-refractivity contribution in [2.45, 2.75) is 115 Å². The van der Waals surface area contributed by atoms with E-state index < -0.39 is 54.7 Å². The summed E-state index contributed by atoms with van der Waals surface area (Å²) in [6.07, 6.45) is -12.4.